The third-order valence-corrected chi connectivity index (χ3v) is 7.87. The number of allylic oxidation sites excluding steroid dienone is 2. The molecule has 0 bridgehead atoms. The minimum atomic E-state index is -1.32. The number of ether oxygens (including phenoxy) is 3. The summed E-state index contributed by atoms with van der Waals surface area (Å²) in [5, 5.41) is 1.28. The lowest BCUT2D eigenvalue weighted by Crippen LogP contribution is -2.37. The van der Waals surface area contributed by atoms with Crippen molar-refractivity contribution in [2.24, 2.45) is 0 Å². The van der Waals surface area contributed by atoms with Gasteiger partial charge in [-0.3, -0.25) is 0 Å². The lowest BCUT2D eigenvalue weighted by atomic mass is 9.98. The standard InChI is InChI=1S/C27H38ClFO3S/c1-4-7-13-30-18-26-27(29)25(31-14-8-5-2)17-24(32-26)19-9-12-23(28)20(15-19)16-22-11-10-21(6-3)33-22/h9-10,12,15,17,22,24,26-27H,4-8,11,13-14,16,18H2,1-3H3. The SMILES string of the molecule is CCCCOCC1OC(c2ccc(Cl)c(CC3CC=C(CC)S3)c2)C=C(OCCCC)C1F. The Kier molecular flexibility index (Phi) is 11.1. The Hall–Kier alpha value is -1.01. The van der Waals surface area contributed by atoms with Crippen LogP contribution >= 0.6 is 23.4 Å². The largest absolute Gasteiger partial charge is 0.495 e. The van der Waals surface area contributed by atoms with E-state index in [2.05, 4.69) is 32.9 Å². The first-order valence-electron chi connectivity index (χ1n) is 12.4. The molecule has 0 saturated heterocycles. The molecule has 0 aliphatic carbocycles. The maximum absolute atomic E-state index is 15.2. The van der Waals surface area contributed by atoms with Gasteiger partial charge in [0.15, 0.2) is 6.17 Å². The summed E-state index contributed by atoms with van der Waals surface area (Å²) < 4.78 is 32.9. The molecule has 0 radical (unpaired) electrons. The Balaban J connectivity index is 1.75. The van der Waals surface area contributed by atoms with E-state index in [1.165, 1.54) is 4.91 Å². The van der Waals surface area contributed by atoms with Gasteiger partial charge >= 0.3 is 0 Å². The van der Waals surface area contributed by atoms with Crippen LogP contribution in [0, 0.1) is 0 Å². The van der Waals surface area contributed by atoms with E-state index in [1.807, 2.05) is 23.9 Å². The molecule has 2 aliphatic rings. The number of rotatable bonds is 13. The van der Waals surface area contributed by atoms with Crippen LogP contribution in [0.15, 0.2) is 41.0 Å². The second-order valence-electron chi connectivity index (χ2n) is 8.75. The van der Waals surface area contributed by atoms with Crippen molar-refractivity contribution in [2.75, 3.05) is 19.8 Å². The van der Waals surface area contributed by atoms with E-state index in [1.54, 1.807) is 6.08 Å². The molecule has 0 spiro atoms. The molecule has 2 aliphatic heterocycles. The van der Waals surface area contributed by atoms with Crippen LogP contribution in [0.5, 0.6) is 0 Å². The molecule has 184 valence electrons. The van der Waals surface area contributed by atoms with Crippen molar-refractivity contribution in [3.05, 3.63) is 57.2 Å². The molecule has 2 heterocycles. The second kappa shape index (κ2) is 13.8. The predicted octanol–water partition coefficient (Wildman–Crippen LogP) is 7.98. The van der Waals surface area contributed by atoms with Crippen molar-refractivity contribution in [1.82, 2.24) is 0 Å². The lowest BCUT2D eigenvalue weighted by Gasteiger charge is -2.32. The normalized spacial score (nSPS) is 25.1. The highest BCUT2D eigenvalue weighted by Gasteiger charge is 2.35. The lowest BCUT2D eigenvalue weighted by molar-refractivity contribution is -0.0946. The van der Waals surface area contributed by atoms with Crippen LogP contribution in [-0.2, 0) is 20.6 Å². The summed E-state index contributed by atoms with van der Waals surface area (Å²) in [6, 6.07) is 6.02. The van der Waals surface area contributed by atoms with Gasteiger partial charge in [0, 0.05) is 16.9 Å². The van der Waals surface area contributed by atoms with Crippen molar-refractivity contribution < 1.29 is 18.6 Å². The summed E-state index contributed by atoms with van der Waals surface area (Å²) in [7, 11) is 0. The smallest absolute Gasteiger partial charge is 0.185 e. The summed E-state index contributed by atoms with van der Waals surface area (Å²) in [5.41, 5.74) is 2.09. The van der Waals surface area contributed by atoms with Crippen molar-refractivity contribution in [3.63, 3.8) is 0 Å². The van der Waals surface area contributed by atoms with E-state index in [-0.39, 0.29) is 12.7 Å². The van der Waals surface area contributed by atoms with Gasteiger partial charge in [0.25, 0.3) is 0 Å². The highest BCUT2D eigenvalue weighted by molar-refractivity contribution is 8.03. The first-order valence-corrected chi connectivity index (χ1v) is 13.7. The monoisotopic (exact) mass is 496 g/mol. The zero-order chi connectivity index (χ0) is 23.6. The highest BCUT2D eigenvalue weighted by atomic mass is 35.5. The van der Waals surface area contributed by atoms with E-state index in [0.29, 0.717) is 24.2 Å². The molecular formula is C27H38ClFO3S. The average Bonchev–Trinajstić information content (AvgIpc) is 3.28. The van der Waals surface area contributed by atoms with Crippen LogP contribution in [-0.4, -0.2) is 37.3 Å². The molecule has 1 aromatic carbocycles. The van der Waals surface area contributed by atoms with Gasteiger partial charge in [-0.25, -0.2) is 4.39 Å². The number of benzene rings is 1. The summed E-state index contributed by atoms with van der Waals surface area (Å²) in [6.07, 6.45) is 8.70. The minimum absolute atomic E-state index is 0.219. The molecule has 0 saturated carbocycles. The van der Waals surface area contributed by atoms with E-state index < -0.39 is 12.3 Å². The predicted molar refractivity (Wildman–Crippen MR) is 137 cm³/mol. The summed E-state index contributed by atoms with van der Waals surface area (Å²) >= 11 is 8.51. The van der Waals surface area contributed by atoms with Gasteiger partial charge < -0.3 is 14.2 Å². The number of thioether (sulfide) groups is 1. The number of hydrogen-bond acceptors (Lipinski definition) is 4. The quantitative estimate of drug-likeness (QED) is 0.259. The van der Waals surface area contributed by atoms with E-state index in [0.717, 1.165) is 61.1 Å². The summed E-state index contributed by atoms with van der Waals surface area (Å²) in [5.74, 6) is 0.364. The van der Waals surface area contributed by atoms with E-state index in [4.69, 9.17) is 25.8 Å². The number of alkyl halides is 1. The second-order valence-corrected chi connectivity index (χ2v) is 10.6. The van der Waals surface area contributed by atoms with E-state index in [9.17, 15) is 0 Å². The fourth-order valence-electron chi connectivity index (χ4n) is 4.03. The molecule has 6 heteroatoms. The molecule has 0 fully saturated rings. The van der Waals surface area contributed by atoms with Crippen molar-refractivity contribution in [2.45, 2.75) is 89.3 Å². The van der Waals surface area contributed by atoms with Crippen molar-refractivity contribution in [3.8, 4) is 0 Å². The van der Waals surface area contributed by atoms with Crippen LogP contribution in [0.4, 0.5) is 4.39 Å². The summed E-state index contributed by atoms with van der Waals surface area (Å²) in [6.45, 7) is 7.74. The van der Waals surface area contributed by atoms with Gasteiger partial charge in [-0.05, 0) is 60.3 Å². The molecule has 3 rings (SSSR count). The van der Waals surface area contributed by atoms with Crippen LogP contribution in [0.1, 0.15) is 76.5 Å². The topological polar surface area (TPSA) is 27.7 Å². The summed E-state index contributed by atoms with van der Waals surface area (Å²) in [4.78, 5) is 1.46. The molecule has 0 aromatic heterocycles. The highest BCUT2D eigenvalue weighted by Crippen LogP contribution is 2.38. The minimum Gasteiger partial charge on any atom is -0.495 e. The van der Waals surface area contributed by atoms with Gasteiger partial charge in [-0.15, -0.1) is 11.8 Å². The molecular weight excluding hydrogens is 459 g/mol. The third kappa shape index (κ3) is 7.74. The van der Waals surface area contributed by atoms with Gasteiger partial charge in [-0.1, -0.05) is 63.4 Å². The molecule has 4 atom stereocenters. The van der Waals surface area contributed by atoms with Crippen LogP contribution < -0.4 is 0 Å². The molecule has 0 N–H and O–H groups in total. The fraction of sp³-hybridized carbons (Fsp3) is 0.630. The van der Waals surface area contributed by atoms with Crippen LogP contribution in [0.2, 0.25) is 5.02 Å². The molecule has 4 unspecified atom stereocenters. The van der Waals surface area contributed by atoms with Crippen molar-refractivity contribution >= 4 is 23.4 Å². The zero-order valence-electron chi connectivity index (χ0n) is 20.2. The Morgan fingerprint density at radius 2 is 1.94 bits per heavy atom. The molecule has 3 nitrogen and oxygen atoms in total. The van der Waals surface area contributed by atoms with Gasteiger partial charge in [-0.2, -0.15) is 0 Å². The Morgan fingerprint density at radius 3 is 2.67 bits per heavy atom. The van der Waals surface area contributed by atoms with E-state index >= 15 is 4.39 Å². The molecule has 0 amide bonds. The third-order valence-electron chi connectivity index (χ3n) is 6.05. The maximum atomic E-state index is 15.2. The maximum Gasteiger partial charge on any atom is 0.185 e. The molecule has 33 heavy (non-hydrogen) atoms. The Morgan fingerprint density at radius 1 is 1.15 bits per heavy atom. The van der Waals surface area contributed by atoms with Crippen LogP contribution in [0.3, 0.4) is 0 Å². The Labute approximate surface area is 208 Å². The van der Waals surface area contributed by atoms with Gasteiger partial charge in [0.1, 0.15) is 18.0 Å². The Bertz CT molecular complexity index is 813. The zero-order valence-corrected chi connectivity index (χ0v) is 21.7. The number of halogens is 2. The first kappa shape index (κ1) is 26.6. The first-order chi connectivity index (χ1) is 16.0. The van der Waals surface area contributed by atoms with Crippen molar-refractivity contribution in [1.29, 1.82) is 0 Å². The van der Waals surface area contributed by atoms with Gasteiger partial charge in [0.2, 0.25) is 0 Å². The fourth-order valence-corrected chi connectivity index (χ4v) is 5.46. The van der Waals surface area contributed by atoms with Gasteiger partial charge in [0.05, 0.1) is 13.2 Å². The molecule has 1 aromatic rings. The average molecular weight is 497 g/mol. The number of hydrogen-bond donors (Lipinski definition) is 0. The number of unbranched alkanes of at least 4 members (excludes halogenated alkanes) is 2. The van der Waals surface area contributed by atoms with Crippen LogP contribution in [0.25, 0.3) is 0 Å².